The van der Waals surface area contributed by atoms with Gasteiger partial charge < -0.3 is 4.98 Å². The van der Waals surface area contributed by atoms with Gasteiger partial charge in [0.15, 0.2) is 9.84 Å². The van der Waals surface area contributed by atoms with Crippen LogP contribution in [0.15, 0.2) is 65.9 Å². The molecule has 0 spiro atoms. The van der Waals surface area contributed by atoms with E-state index in [1.165, 1.54) is 0 Å². The Labute approximate surface area is 146 Å². The van der Waals surface area contributed by atoms with Crippen molar-refractivity contribution in [3.05, 3.63) is 66.4 Å². The molecule has 0 aliphatic carbocycles. The average molecular weight is 353 g/mol. The number of sulfone groups is 1. The Morgan fingerprint density at radius 3 is 2.60 bits per heavy atom. The van der Waals surface area contributed by atoms with E-state index < -0.39 is 9.84 Å². The maximum Gasteiger partial charge on any atom is 0.152 e. The van der Waals surface area contributed by atoms with Crippen molar-refractivity contribution in [2.24, 2.45) is 5.10 Å². The van der Waals surface area contributed by atoms with E-state index in [-0.39, 0.29) is 17.5 Å². The molecule has 1 aliphatic heterocycles. The number of hydrazone groups is 1. The number of hydrogen-bond donors (Lipinski definition) is 1. The molecule has 1 N–H and O–H groups in total. The predicted octanol–water partition coefficient (Wildman–Crippen LogP) is 3.20. The van der Waals surface area contributed by atoms with E-state index in [9.17, 15) is 8.42 Å². The highest BCUT2D eigenvalue weighted by atomic mass is 32.2. The molecule has 128 valence electrons. The normalized spacial score (nSPS) is 19.6. The highest BCUT2D eigenvalue weighted by molar-refractivity contribution is 7.91. The fourth-order valence-electron chi connectivity index (χ4n) is 3.25. The Kier molecular flexibility index (Phi) is 4.05. The summed E-state index contributed by atoms with van der Waals surface area (Å²) >= 11 is 0. The fraction of sp³-hybridized carbons (Fsp3) is 0.211. The summed E-state index contributed by atoms with van der Waals surface area (Å²) in [6.45, 7) is 0. The zero-order chi connectivity index (χ0) is 17.3. The Balaban J connectivity index is 1.69. The molecule has 5 nitrogen and oxygen atoms in total. The van der Waals surface area contributed by atoms with Gasteiger partial charge in [0.2, 0.25) is 0 Å². The topological polar surface area (TPSA) is 65.5 Å². The van der Waals surface area contributed by atoms with Crippen LogP contribution in [-0.4, -0.2) is 37.2 Å². The van der Waals surface area contributed by atoms with Crippen molar-refractivity contribution in [3.8, 4) is 0 Å². The summed E-state index contributed by atoms with van der Waals surface area (Å²) in [5.41, 5.74) is 2.94. The average Bonchev–Trinajstić information content (AvgIpc) is 3.19. The van der Waals surface area contributed by atoms with Crippen LogP contribution in [0.5, 0.6) is 0 Å². The summed E-state index contributed by atoms with van der Waals surface area (Å²) in [7, 11) is -2.98. The quantitative estimate of drug-likeness (QED) is 0.579. The molecule has 2 aromatic carbocycles. The minimum atomic E-state index is -2.98. The van der Waals surface area contributed by atoms with Gasteiger partial charge >= 0.3 is 0 Å². The van der Waals surface area contributed by atoms with Gasteiger partial charge in [-0.05, 0) is 24.6 Å². The number of aromatic nitrogens is 1. The standard InChI is InChI=1S/C19H19N3O2S/c23-25(24)11-10-17(14-25)22(16-6-2-1-3-7-16)21-13-15-12-20-19-9-5-4-8-18(15)19/h1-9,12-13,17,20H,10-11,14H2/b21-13-/t17-/m0/s1. The minimum Gasteiger partial charge on any atom is -0.361 e. The van der Waals surface area contributed by atoms with Gasteiger partial charge in [-0.1, -0.05) is 36.4 Å². The van der Waals surface area contributed by atoms with E-state index >= 15 is 0 Å². The highest BCUT2D eigenvalue weighted by Crippen LogP contribution is 2.25. The highest BCUT2D eigenvalue weighted by Gasteiger charge is 2.32. The number of rotatable bonds is 4. The lowest BCUT2D eigenvalue weighted by molar-refractivity contribution is 0.600. The summed E-state index contributed by atoms with van der Waals surface area (Å²) in [4.78, 5) is 3.23. The molecule has 6 heteroatoms. The van der Waals surface area contributed by atoms with Crippen molar-refractivity contribution in [1.82, 2.24) is 4.98 Å². The van der Waals surface area contributed by atoms with Crippen LogP contribution in [0.1, 0.15) is 12.0 Å². The van der Waals surface area contributed by atoms with Crippen LogP contribution in [0.2, 0.25) is 0 Å². The van der Waals surface area contributed by atoms with E-state index in [1.54, 1.807) is 6.21 Å². The number of nitrogens with one attached hydrogen (secondary N) is 1. The van der Waals surface area contributed by atoms with Crippen molar-refractivity contribution < 1.29 is 8.42 Å². The summed E-state index contributed by atoms with van der Waals surface area (Å²) in [6, 6.07) is 17.6. The molecule has 0 bridgehead atoms. The number of anilines is 1. The molecule has 0 saturated carbocycles. The second-order valence-electron chi connectivity index (χ2n) is 6.27. The molecule has 0 amide bonds. The van der Waals surface area contributed by atoms with E-state index in [4.69, 9.17) is 0 Å². The van der Waals surface area contributed by atoms with Crippen LogP contribution < -0.4 is 5.01 Å². The van der Waals surface area contributed by atoms with Gasteiger partial charge in [0, 0.05) is 22.7 Å². The Hall–Kier alpha value is -2.60. The fourth-order valence-corrected chi connectivity index (χ4v) is 4.94. The van der Waals surface area contributed by atoms with E-state index in [0.29, 0.717) is 6.42 Å². The number of hydrogen-bond acceptors (Lipinski definition) is 4. The summed E-state index contributed by atoms with van der Waals surface area (Å²) in [5, 5.41) is 7.59. The molecule has 1 fully saturated rings. The van der Waals surface area contributed by atoms with Gasteiger partial charge in [-0.2, -0.15) is 5.10 Å². The molecule has 1 aliphatic rings. The SMILES string of the molecule is O=S1(=O)CC[C@H](N(/N=C\c2c[nH]c3ccccc23)c2ccccc2)C1. The minimum absolute atomic E-state index is 0.131. The first-order chi connectivity index (χ1) is 12.1. The Morgan fingerprint density at radius 2 is 1.84 bits per heavy atom. The molecule has 2 heterocycles. The largest absolute Gasteiger partial charge is 0.361 e. The van der Waals surface area contributed by atoms with Crippen molar-refractivity contribution >= 4 is 32.6 Å². The summed E-state index contributed by atoms with van der Waals surface area (Å²) in [6.07, 6.45) is 4.32. The molecule has 3 aromatic rings. The lowest BCUT2D eigenvalue weighted by atomic mass is 10.2. The van der Waals surface area contributed by atoms with Crippen molar-refractivity contribution in [2.75, 3.05) is 16.5 Å². The number of fused-ring (bicyclic) bond motifs is 1. The van der Waals surface area contributed by atoms with E-state index in [0.717, 1.165) is 22.2 Å². The second-order valence-corrected chi connectivity index (χ2v) is 8.50. The van der Waals surface area contributed by atoms with Crippen LogP contribution in [-0.2, 0) is 9.84 Å². The molecule has 0 unspecified atom stereocenters. The molecule has 25 heavy (non-hydrogen) atoms. The molecule has 1 aromatic heterocycles. The Morgan fingerprint density at radius 1 is 1.08 bits per heavy atom. The van der Waals surface area contributed by atoms with Gasteiger partial charge in [-0.3, -0.25) is 5.01 Å². The first kappa shape index (κ1) is 15.9. The van der Waals surface area contributed by atoms with Crippen molar-refractivity contribution in [3.63, 3.8) is 0 Å². The lowest BCUT2D eigenvalue weighted by Crippen LogP contribution is -2.31. The van der Waals surface area contributed by atoms with Crippen molar-refractivity contribution in [2.45, 2.75) is 12.5 Å². The third-order valence-electron chi connectivity index (χ3n) is 4.52. The van der Waals surface area contributed by atoms with Gasteiger partial charge in [0.25, 0.3) is 0 Å². The first-order valence-corrected chi connectivity index (χ1v) is 10.1. The van der Waals surface area contributed by atoms with Gasteiger partial charge in [-0.15, -0.1) is 0 Å². The molecule has 4 rings (SSSR count). The third kappa shape index (κ3) is 3.30. The number of nitrogens with zero attached hydrogens (tertiary/aromatic N) is 2. The molecule has 1 atom stereocenters. The van der Waals surface area contributed by atoms with Crippen LogP contribution in [0.3, 0.4) is 0 Å². The third-order valence-corrected chi connectivity index (χ3v) is 6.27. The second kappa shape index (κ2) is 6.37. The maximum absolute atomic E-state index is 11.9. The summed E-state index contributed by atoms with van der Waals surface area (Å²) < 4.78 is 23.8. The molecule has 0 radical (unpaired) electrons. The van der Waals surface area contributed by atoms with E-state index in [2.05, 4.69) is 10.1 Å². The number of benzene rings is 2. The van der Waals surface area contributed by atoms with Gasteiger partial charge in [0.1, 0.15) is 0 Å². The predicted molar refractivity (Wildman–Crippen MR) is 102 cm³/mol. The lowest BCUT2D eigenvalue weighted by Gasteiger charge is -2.25. The number of H-pyrrole nitrogens is 1. The first-order valence-electron chi connectivity index (χ1n) is 8.27. The number of para-hydroxylation sites is 2. The van der Waals surface area contributed by atoms with Crippen LogP contribution in [0.25, 0.3) is 10.9 Å². The van der Waals surface area contributed by atoms with Gasteiger partial charge in [0.05, 0.1) is 29.4 Å². The van der Waals surface area contributed by atoms with Crippen molar-refractivity contribution in [1.29, 1.82) is 0 Å². The summed E-state index contributed by atoms with van der Waals surface area (Å²) in [5.74, 6) is 0.372. The molecular formula is C19H19N3O2S. The zero-order valence-corrected chi connectivity index (χ0v) is 14.5. The Bertz CT molecular complexity index is 1010. The maximum atomic E-state index is 11.9. The molecule has 1 saturated heterocycles. The van der Waals surface area contributed by atoms with Crippen LogP contribution in [0, 0.1) is 0 Å². The van der Waals surface area contributed by atoms with Crippen LogP contribution >= 0.6 is 0 Å². The molecular weight excluding hydrogens is 334 g/mol. The van der Waals surface area contributed by atoms with E-state index in [1.807, 2.05) is 65.8 Å². The van der Waals surface area contributed by atoms with Gasteiger partial charge in [-0.25, -0.2) is 8.42 Å². The van der Waals surface area contributed by atoms with Crippen LogP contribution in [0.4, 0.5) is 5.69 Å². The monoisotopic (exact) mass is 353 g/mol. The smallest absolute Gasteiger partial charge is 0.152 e. The number of aromatic amines is 1. The zero-order valence-electron chi connectivity index (χ0n) is 13.7.